The Morgan fingerprint density at radius 2 is 1.78 bits per heavy atom. The predicted molar refractivity (Wildman–Crippen MR) is 137 cm³/mol. The van der Waals surface area contributed by atoms with E-state index in [0.29, 0.717) is 18.9 Å². The van der Waals surface area contributed by atoms with Crippen LogP contribution in [0.5, 0.6) is 5.75 Å². The summed E-state index contributed by atoms with van der Waals surface area (Å²) >= 11 is 0. The number of amides is 1. The Morgan fingerprint density at radius 3 is 2.56 bits per heavy atom. The van der Waals surface area contributed by atoms with Gasteiger partial charge in [0.1, 0.15) is 23.8 Å². The summed E-state index contributed by atoms with van der Waals surface area (Å²) in [6, 6.07) is 14.4. The van der Waals surface area contributed by atoms with E-state index >= 15 is 0 Å². The molecule has 5 rings (SSSR count). The third-order valence-corrected chi connectivity index (χ3v) is 7.35. The van der Waals surface area contributed by atoms with E-state index in [9.17, 15) is 9.18 Å². The number of halogens is 1. The largest absolute Gasteiger partial charge is 0.491 e. The molecule has 1 amide bonds. The number of morpholine rings is 1. The van der Waals surface area contributed by atoms with Crippen LogP contribution in [0.25, 0.3) is 10.9 Å². The zero-order chi connectivity index (χ0) is 25.1. The fourth-order valence-electron chi connectivity index (χ4n) is 5.29. The standard InChI is InChI=1S/C28H35FN4O3/c1-30-11-13-33(14-12-30)27(34)17-28(21-35-24-9-7-23(29)8-10-24)20-32(15-16-36-28)19-22-18-31(2)26-6-4-3-5-25(22)26/h3-10,18H,11-17,19-21H2,1-2H3. The first-order chi connectivity index (χ1) is 17.4. The number of piperazine rings is 1. The first-order valence-electron chi connectivity index (χ1n) is 12.6. The molecule has 2 fully saturated rings. The normalized spacial score (nSPS) is 21.7. The van der Waals surface area contributed by atoms with Gasteiger partial charge >= 0.3 is 0 Å². The van der Waals surface area contributed by atoms with Crippen molar-refractivity contribution >= 4 is 16.8 Å². The van der Waals surface area contributed by atoms with Crippen molar-refractivity contribution < 1.29 is 18.7 Å². The fraction of sp³-hybridized carbons (Fsp3) is 0.464. The number of ether oxygens (including phenoxy) is 2. The van der Waals surface area contributed by atoms with Crippen molar-refractivity contribution in [2.75, 3.05) is 59.5 Å². The highest BCUT2D eigenvalue weighted by atomic mass is 19.1. The molecule has 3 heterocycles. The highest BCUT2D eigenvalue weighted by molar-refractivity contribution is 5.83. The molecule has 192 valence electrons. The first-order valence-corrected chi connectivity index (χ1v) is 12.6. The Morgan fingerprint density at radius 1 is 1.03 bits per heavy atom. The first kappa shape index (κ1) is 24.7. The molecular weight excluding hydrogens is 459 g/mol. The Balaban J connectivity index is 1.34. The maximum absolute atomic E-state index is 13.4. The number of likely N-dealkylation sites (N-methyl/N-ethyl adjacent to an activating group) is 1. The van der Waals surface area contributed by atoms with Crippen molar-refractivity contribution in [1.29, 1.82) is 0 Å². The maximum Gasteiger partial charge on any atom is 0.225 e. The van der Waals surface area contributed by atoms with E-state index in [1.54, 1.807) is 12.1 Å². The van der Waals surface area contributed by atoms with Gasteiger partial charge in [-0.2, -0.15) is 0 Å². The van der Waals surface area contributed by atoms with Crippen LogP contribution in [0.4, 0.5) is 4.39 Å². The number of fused-ring (bicyclic) bond motifs is 1. The lowest BCUT2D eigenvalue weighted by molar-refractivity contribution is -0.157. The quantitative estimate of drug-likeness (QED) is 0.505. The molecule has 2 aromatic carbocycles. The molecule has 7 nitrogen and oxygen atoms in total. The summed E-state index contributed by atoms with van der Waals surface area (Å²) in [5.41, 5.74) is 1.68. The zero-order valence-corrected chi connectivity index (χ0v) is 21.2. The van der Waals surface area contributed by atoms with Crippen LogP contribution < -0.4 is 4.74 Å². The summed E-state index contributed by atoms with van der Waals surface area (Å²) in [7, 11) is 4.15. The van der Waals surface area contributed by atoms with Crippen LogP contribution in [0.3, 0.4) is 0 Å². The average Bonchev–Trinajstić information content (AvgIpc) is 3.19. The van der Waals surface area contributed by atoms with Crippen LogP contribution >= 0.6 is 0 Å². The van der Waals surface area contributed by atoms with Gasteiger partial charge < -0.3 is 23.8 Å². The summed E-state index contributed by atoms with van der Waals surface area (Å²) in [6.45, 7) is 6.08. The monoisotopic (exact) mass is 494 g/mol. The summed E-state index contributed by atoms with van der Waals surface area (Å²) in [6.07, 6.45) is 2.44. The third kappa shape index (κ3) is 5.56. The predicted octanol–water partition coefficient (Wildman–Crippen LogP) is 3.13. The Kier molecular flexibility index (Phi) is 7.27. The molecule has 0 saturated carbocycles. The molecule has 8 heteroatoms. The molecule has 0 radical (unpaired) electrons. The second kappa shape index (κ2) is 10.6. The van der Waals surface area contributed by atoms with Crippen LogP contribution in [0.15, 0.2) is 54.7 Å². The number of para-hydroxylation sites is 1. The minimum Gasteiger partial charge on any atom is -0.491 e. The van der Waals surface area contributed by atoms with E-state index in [0.717, 1.165) is 39.3 Å². The molecule has 2 saturated heterocycles. The maximum atomic E-state index is 13.4. The number of carbonyl (C=O) groups excluding carboxylic acids is 1. The second-order valence-corrected chi connectivity index (χ2v) is 10.1. The van der Waals surface area contributed by atoms with Gasteiger partial charge in [-0.3, -0.25) is 9.69 Å². The van der Waals surface area contributed by atoms with Crippen molar-refractivity contribution in [2.24, 2.45) is 7.05 Å². The van der Waals surface area contributed by atoms with Gasteiger partial charge in [0.05, 0.1) is 13.0 Å². The van der Waals surface area contributed by atoms with Gasteiger partial charge in [0.2, 0.25) is 5.91 Å². The third-order valence-electron chi connectivity index (χ3n) is 7.35. The Hall–Kier alpha value is -2.94. The van der Waals surface area contributed by atoms with E-state index in [2.05, 4.69) is 58.9 Å². The summed E-state index contributed by atoms with van der Waals surface area (Å²) in [5.74, 6) is 0.355. The van der Waals surface area contributed by atoms with E-state index in [4.69, 9.17) is 9.47 Å². The number of hydrogen-bond donors (Lipinski definition) is 0. The lowest BCUT2D eigenvalue weighted by Gasteiger charge is -2.43. The van der Waals surface area contributed by atoms with Gasteiger partial charge in [-0.25, -0.2) is 4.39 Å². The van der Waals surface area contributed by atoms with Crippen LogP contribution in [0.1, 0.15) is 12.0 Å². The van der Waals surface area contributed by atoms with E-state index in [1.807, 2.05) is 4.90 Å². The summed E-state index contributed by atoms with van der Waals surface area (Å²) in [4.78, 5) is 19.9. The average molecular weight is 495 g/mol. The highest BCUT2D eigenvalue weighted by Crippen LogP contribution is 2.28. The molecule has 1 aromatic heterocycles. The summed E-state index contributed by atoms with van der Waals surface area (Å²) in [5, 5.41) is 1.24. The van der Waals surface area contributed by atoms with Gasteiger partial charge in [0, 0.05) is 70.0 Å². The molecule has 0 spiro atoms. The topological polar surface area (TPSA) is 50.2 Å². The lowest BCUT2D eigenvalue weighted by Crippen LogP contribution is -2.58. The molecule has 0 aliphatic carbocycles. The van der Waals surface area contributed by atoms with Crippen LogP contribution in [0, 0.1) is 5.82 Å². The van der Waals surface area contributed by atoms with Crippen LogP contribution in [-0.4, -0.2) is 90.3 Å². The minimum absolute atomic E-state index is 0.0952. The van der Waals surface area contributed by atoms with E-state index in [1.165, 1.54) is 28.6 Å². The minimum atomic E-state index is -0.780. The van der Waals surface area contributed by atoms with Gasteiger partial charge in [-0.1, -0.05) is 18.2 Å². The fourth-order valence-corrected chi connectivity index (χ4v) is 5.29. The number of hydrogen-bond acceptors (Lipinski definition) is 5. The number of carbonyl (C=O) groups is 1. The van der Waals surface area contributed by atoms with Crippen molar-refractivity contribution in [2.45, 2.75) is 18.6 Å². The van der Waals surface area contributed by atoms with Gasteiger partial charge in [-0.05, 0) is 42.9 Å². The second-order valence-electron chi connectivity index (χ2n) is 10.1. The highest BCUT2D eigenvalue weighted by Gasteiger charge is 2.41. The molecule has 2 aliphatic heterocycles. The number of aryl methyl sites for hydroxylation is 1. The van der Waals surface area contributed by atoms with Gasteiger partial charge in [-0.15, -0.1) is 0 Å². The van der Waals surface area contributed by atoms with Gasteiger partial charge in [0.15, 0.2) is 0 Å². The molecule has 1 unspecified atom stereocenters. The molecule has 0 N–H and O–H groups in total. The SMILES string of the molecule is CN1CCN(C(=O)CC2(COc3ccc(F)cc3)CN(Cc3cn(C)c4ccccc34)CCO2)CC1. The number of aromatic nitrogens is 1. The molecule has 0 bridgehead atoms. The summed E-state index contributed by atoms with van der Waals surface area (Å²) < 4.78 is 28.0. The molecule has 3 aromatic rings. The van der Waals surface area contributed by atoms with Gasteiger partial charge in [0.25, 0.3) is 0 Å². The van der Waals surface area contributed by atoms with Crippen molar-refractivity contribution in [3.05, 3.63) is 66.1 Å². The van der Waals surface area contributed by atoms with E-state index < -0.39 is 5.60 Å². The smallest absolute Gasteiger partial charge is 0.225 e. The number of nitrogens with zero attached hydrogens (tertiary/aromatic N) is 4. The number of benzene rings is 2. The van der Waals surface area contributed by atoms with E-state index in [-0.39, 0.29) is 24.8 Å². The Labute approximate surface area is 212 Å². The number of rotatable bonds is 7. The Bertz CT molecular complexity index is 1190. The molecule has 1 atom stereocenters. The van der Waals surface area contributed by atoms with Crippen LogP contribution in [0.2, 0.25) is 0 Å². The molecule has 2 aliphatic rings. The lowest BCUT2D eigenvalue weighted by atomic mass is 9.96. The van der Waals surface area contributed by atoms with Crippen LogP contribution in [-0.2, 0) is 23.1 Å². The zero-order valence-electron chi connectivity index (χ0n) is 21.2. The molecule has 36 heavy (non-hydrogen) atoms. The van der Waals surface area contributed by atoms with Crippen molar-refractivity contribution in [1.82, 2.24) is 19.3 Å². The molecular formula is C28H35FN4O3. The van der Waals surface area contributed by atoms with Crippen molar-refractivity contribution in [3.8, 4) is 5.75 Å². The van der Waals surface area contributed by atoms with Crippen molar-refractivity contribution in [3.63, 3.8) is 0 Å².